The molecule has 3 rings (SSSR count). The number of piperidine rings is 1. The van der Waals surface area contributed by atoms with Gasteiger partial charge in [-0.3, -0.25) is 9.89 Å². The van der Waals surface area contributed by atoms with Gasteiger partial charge in [0.25, 0.3) is 5.91 Å². The molecule has 1 amide bonds. The maximum atomic E-state index is 12.6. The van der Waals surface area contributed by atoms with E-state index in [0.29, 0.717) is 5.92 Å². The summed E-state index contributed by atoms with van der Waals surface area (Å²) in [5.74, 6) is 0.495. The van der Waals surface area contributed by atoms with Crippen LogP contribution in [0.15, 0.2) is 24.5 Å². The third-order valence-corrected chi connectivity index (χ3v) is 4.15. The van der Waals surface area contributed by atoms with Crippen molar-refractivity contribution >= 4 is 5.91 Å². The number of hydrogen-bond acceptors (Lipinski definition) is 2. The second-order valence-electron chi connectivity index (χ2n) is 5.56. The average molecular weight is 272 g/mol. The first-order valence-corrected chi connectivity index (χ1v) is 7.07. The molecular weight excluding hydrogens is 252 g/mol. The lowest BCUT2D eigenvalue weighted by Gasteiger charge is -2.32. The number of carbonyl (C=O) groups excluding carboxylic acids is 1. The van der Waals surface area contributed by atoms with Crippen molar-refractivity contribution in [3.63, 3.8) is 0 Å². The number of carbonyl (C=O) groups is 1. The summed E-state index contributed by atoms with van der Waals surface area (Å²) in [6.07, 6.45) is 5.92. The highest BCUT2D eigenvalue weighted by atomic mass is 16.2. The molecule has 2 aromatic rings. The van der Waals surface area contributed by atoms with Crippen LogP contribution in [0.3, 0.4) is 0 Å². The highest BCUT2D eigenvalue weighted by molar-refractivity contribution is 5.92. The van der Waals surface area contributed by atoms with Gasteiger partial charge in [0.2, 0.25) is 0 Å². The van der Waals surface area contributed by atoms with Crippen LogP contribution in [0.5, 0.6) is 0 Å². The zero-order chi connectivity index (χ0) is 14.1. The fourth-order valence-corrected chi connectivity index (χ4v) is 3.01. The molecule has 5 heteroatoms. The zero-order valence-corrected chi connectivity index (χ0v) is 12.0. The van der Waals surface area contributed by atoms with Gasteiger partial charge in [0.15, 0.2) is 0 Å². The van der Waals surface area contributed by atoms with E-state index in [1.165, 1.54) is 11.3 Å². The van der Waals surface area contributed by atoms with E-state index in [-0.39, 0.29) is 5.91 Å². The standard InChI is InChI=1S/C15H20N4O/c1-11-9-16-17-14(11)12-5-3-8-19(10-12)15(20)13-6-4-7-18(13)2/h4,6-7,9,12H,3,5,8,10H2,1-2H3,(H,16,17). The van der Waals surface area contributed by atoms with Gasteiger partial charge in [-0.05, 0) is 37.5 Å². The minimum atomic E-state index is 0.124. The summed E-state index contributed by atoms with van der Waals surface area (Å²) < 4.78 is 1.88. The van der Waals surface area contributed by atoms with E-state index < -0.39 is 0 Å². The number of nitrogens with zero attached hydrogens (tertiary/aromatic N) is 3. The molecule has 5 nitrogen and oxygen atoms in total. The van der Waals surface area contributed by atoms with Crippen molar-refractivity contribution in [2.24, 2.45) is 7.05 Å². The fourth-order valence-electron chi connectivity index (χ4n) is 3.01. The predicted molar refractivity (Wildman–Crippen MR) is 76.6 cm³/mol. The van der Waals surface area contributed by atoms with Gasteiger partial charge in [0.05, 0.1) is 6.20 Å². The summed E-state index contributed by atoms with van der Waals surface area (Å²) in [5.41, 5.74) is 3.12. The summed E-state index contributed by atoms with van der Waals surface area (Å²) in [6, 6.07) is 3.79. The van der Waals surface area contributed by atoms with Crippen LogP contribution < -0.4 is 0 Å². The number of rotatable bonds is 2. The molecule has 1 aliphatic heterocycles. The SMILES string of the molecule is Cc1cn[nH]c1C1CCCN(C(=O)c2cccn2C)C1. The Morgan fingerprint density at radius 1 is 1.50 bits per heavy atom. The molecule has 0 radical (unpaired) electrons. The molecule has 1 saturated heterocycles. The summed E-state index contributed by atoms with van der Waals surface area (Å²) in [4.78, 5) is 14.5. The third kappa shape index (κ3) is 2.24. The molecule has 0 aliphatic carbocycles. The highest BCUT2D eigenvalue weighted by Crippen LogP contribution is 2.28. The zero-order valence-electron chi connectivity index (χ0n) is 12.0. The van der Waals surface area contributed by atoms with Crippen LogP contribution in [0.25, 0.3) is 0 Å². The summed E-state index contributed by atoms with van der Waals surface area (Å²) in [6.45, 7) is 3.68. The molecule has 1 atom stereocenters. The van der Waals surface area contributed by atoms with E-state index in [2.05, 4.69) is 17.1 Å². The molecule has 1 aliphatic rings. The van der Waals surface area contributed by atoms with Crippen LogP contribution in [-0.4, -0.2) is 38.7 Å². The number of hydrogen-bond donors (Lipinski definition) is 1. The Hall–Kier alpha value is -2.04. The molecule has 0 aromatic carbocycles. The van der Waals surface area contributed by atoms with Crippen molar-refractivity contribution < 1.29 is 4.79 Å². The number of aromatic nitrogens is 3. The van der Waals surface area contributed by atoms with E-state index in [9.17, 15) is 4.79 Å². The van der Waals surface area contributed by atoms with E-state index in [1.54, 1.807) is 0 Å². The molecule has 0 saturated carbocycles. The molecule has 0 spiro atoms. The van der Waals surface area contributed by atoms with Crippen LogP contribution in [0.2, 0.25) is 0 Å². The van der Waals surface area contributed by atoms with Crippen LogP contribution in [0.1, 0.15) is 40.5 Å². The monoisotopic (exact) mass is 272 g/mol. The highest BCUT2D eigenvalue weighted by Gasteiger charge is 2.27. The Labute approximate surface area is 118 Å². The van der Waals surface area contributed by atoms with Gasteiger partial charge in [0, 0.05) is 37.9 Å². The van der Waals surface area contributed by atoms with E-state index in [4.69, 9.17) is 0 Å². The molecule has 1 fully saturated rings. The first kappa shape index (κ1) is 13.0. The molecule has 0 bridgehead atoms. The van der Waals surface area contributed by atoms with Gasteiger partial charge in [-0.15, -0.1) is 0 Å². The van der Waals surface area contributed by atoms with E-state index in [1.807, 2.05) is 41.0 Å². The van der Waals surface area contributed by atoms with Crippen molar-refractivity contribution in [3.8, 4) is 0 Å². The van der Waals surface area contributed by atoms with Gasteiger partial charge in [-0.1, -0.05) is 0 Å². The number of amides is 1. The van der Waals surface area contributed by atoms with Gasteiger partial charge >= 0.3 is 0 Å². The Balaban J connectivity index is 1.77. The largest absolute Gasteiger partial charge is 0.347 e. The van der Waals surface area contributed by atoms with Crippen molar-refractivity contribution in [1.29, 1.82) is 0 Å². The smallest absolute Gasteiger partial charge is 0.270 e. The molecule has 3 heterocycles. The second-order valence-corrected chi connectivity index (χ2v) is 5.56. The minimum Gasteiger partial charge on any atom is -0.347 e. The van der Waals surface area contributed by atoms with E-state index in [0.717, 1.165) is 31.6 Å². The predicted octanol–water partition coefficient (Wildman–Crippen LogP) is 2.08. The number of aromatic amines is 1. The fraction of sp³-hybridized carbons (Fsp3) is 0.467. The molecule has 106 valence electrons. The Bertz CT molecular complexity index is 613. The number of H-pyrrole nitrogens is 1. The maximum Gasteiger partial charge on any atom is 0.270 e. The molecule has 20 heavy (non-hydrogen) atoms. The van der Waals surface area contributed by atoms with Gasteiger partial charge in [0.1, 0.15) is 5.69 Å². The minimum absolute atomic E-state index is 0.124. The molecule has 2 aromatic heterocycles. The van der Waals surface area contributed by atoms with E-state index >= 15 is 0 Å². The quantitative estimate of drug-likeness (QED) is 0.910. The third-order valence-electron chi connectivity index (χ3n) is 4.15. The molecular formula is C15H20N4O. The van der Waals surface area contributed by atoms with Crippen molar-refractivity contribution in [3.05, 3.63) is 41.5 Å². The van der Waals surface area contributed by atoms with Crippen molar-refractivity contribution in [2.75, 3.05) is 13.1 Å². The van der Waals surface area contributed by atoms with Crippen LogP contribution in [0, 0.1) is 6.92 Å². The summed E-state index contributed by atoms with van der Waals surface area (Å²) in [5, 5.41) is 7.19. The lowest BCUT2D eigenvalue weighted by Crippen LogP contribution is -2.40. The summed E-state index contributed by atoms with van der Waals surface area (Å²) >= 11 is 0. The molecule has 1 unspecified atom stereocenters. The average Bonchev–Trinajstić information content (AvgIpc) is 3.07. The normalized spacial score (nSPS) is 19.3. The second kappa shape index (κ2) is 5.15. The van der Waals surface area contributed by atoms with Crippen LogP contribution in [0.4, 0.5) is 0 Å². The van der Waals surface area contributed by atoms with Crippen molar-refractivity contribution in [1.82, 2.24) is 19.7 Å². The Morgan fingerprint density at radius 2 is 2.35 bits per heavy atom. The van der Waals surface area contributed by atoms with Crippen molar-refractivity contribution in [2.45, 2.75) is 25.7 Å². The van der Waals surface area contributed by atoms with Crippen LogP contribution >= 0.6 is 0 Å². The lowest BCUT2D eigenvalue weighted by atomic mass is 9.93. The van der Waals surface area contributed by atoms with Gasteiger partial charge < -0.3 is 9.47 Å². The first-order chi connectivity index (χ1) is 9.66. The summed E-state index contributed by atoms with van der Waals surface area (Å²) in [7, 11) is 1.91. The topological polar surface area (TPSA) is 53.9 Å². The first-order valence-electron chi connectivity index (χ1n) is 7.07. The molecule has 1 N–H and O–H groups in total. The number of aryl methyl sites for hydroxylation is 2. The van der Waals surface area contributed by atoms with Crippen LogP contribution in [-0.2, 0) is 7.05 Å². The lowest BCUT2D eigenvalue weighted by molar-refractivity contribution is 0.0696. The van der Waals surface area contributed by atoms with Gasteiger partial charge in [-0.25, -0.2) is 0 Å². The Kier molecular flexibility index (Phi) is 3.34. The number of nitrogens with one attached hydrogen (secondary N) is 1. The number of likely N-dealkylation sites (tertiary alicyclic amines) is 1. The van der Waals surface area contributed by atoms with Gasteiger partial charge in [-0.2, -0.15) is 5.10 Å². The Morgan fingerprint density at radius 3 is 3.00 bits per heavy atom. The maximum absolute atomic E-state index is 12.6.